The molecule has 1 heterocycles. The number of aromatic nitrogens is 1. The first-order valence-electron chi connectivity index (χ1n) is 4.06. The van der Waals surface area contributed by atoms with Gasteiger partial charge in [0.05, 0.1) is 5.41 Å². The van der Waals surface area contributed by atoms with Gasteiger partial charge in [-0.1, -0.05) is 0 Å². The molecule has 1 aromatic heterocycles. The van der Waals surface area contributed by atoms with Crippen molar-refractivity contribution in [3.05, 3.63) is 24.5 Å². The second-order valence-electron chi connectivity index (χ2n) is 3.55. The summed E-state index contributed by atoms with van der Waals surface area (Å²) < 4.78 is 1.61. The van der Waals surface area contributed by atoms with E-state index in [9.17, 15) is 4.79 Å². The van der Waals surface area contributed by atoms with Crippen LogP contribution >= 0.6 is 11.6 Å². The second kappa shape index (κ2) is 3.83. The summed E-state index contributed by atoms with van der Waals surface area (Å²) >= 11 is 5.66. The van der Waals surface area contributed by atoms with Gasteiger partial charge in [-0.2, -0.15) is 0 Å². The van der Waals surface area contributed by atoms with Gasteiger partial charge in [0, 0.05) is 18.3 Å². The number of alkyl halides is 1. The molecule has 72 valence electrons. The lowest BCUT2D eigenvalue weighted by molar-refractivity contribution is -0.123. The molecule has 0 aliphatic heterocycles. The average Bonchev–Trinajstić information content (AvgIpc) is 2.57. The monoisotopic (exact) mass is 200 g/mol. The van der Waals surface area contributed by atoms with Gasteiger partial charge in [-0.3, -0.25) is 14.9 Å². The third kappa shape index (κ3) is 2.49. The summed E-state index contributed by atoms with van der Waals surface area (Å²) in [5.41, 5.74) is 2.17. The Bertz CT molecular complexity index is 280. The molecule has 0 aromatic carbocycles. The first-order chi connectivity index (χ1) is 6.06. The molecule has 4 heteroatoms. The van der Waals surface area contributed by atoms with Crippen LogP contribution in [0.15, 0.2) is 24.5 Å². The molecular weight excluding hydrogens is 188 g/mol. The van der Waals surface area contributed by atoms with E-state index >= 15 is 0 Å². The smallest absolute Gasteiger partial charge is 0.245 e. The summed E-state index contributed by atoms with van der Waals surface area (Å²) in [5, 5.41) is 0. The molecule has 0 fully saturated rings. The fourth-order valence-electron chi connectivity index (χ4n) is 0.738. The molecule has 0 radical (unpaired) electrons. The first kappa shape index (κ1) is 10.1. The molecule has 0 saturated carbocycles. The Balaban J connectivity index is 2.61. The summed E-state index contributed by atoms with van der Waals surface area (Å²) in [5.74, 6) is 0.221. The lowest BCUT2D eigenvalue weighted by Crippen LogP contribution is -2.36. The average molecular weight is 201 g/mol. The molecule has 0 atom stereocenters. The molecule has 1 N–H and O–H groups in total. The number of nitrogens with zero attached hydrogens (tertiary/aromatic N) is 1. The largest absolute Gasteiger partial charge is 0.273 e. The third-order valence-electron chi connectivity index (χ3n) is 1.78. The fourth-order valence-corrected chi connectivity index (χ4v) is 0.860. The molecule has 0 aliphatic rings. The maximum Gasteiger partial charge on any atom is 0.245 e. The number of amides is 1. The summed E-state index contributed by atoms with van der Waals surface area (Å²) in [7, 11) is 0. The molecular formula is C9H13ClN2O. The van der Waals surface area contributed by atoms with Gasteiger partial charge in [-0.05, 0) is 26.0 Å². The molecule has 13 heavy (non-hydrogen) atoms. The predicted molar refractivity (Wildman–Crippen MR) is 53.3 cm³/mol. The van der Waals surface area contributed by atoms with Gasteiger partial charge in [0.25, 0.3) is 0 Å². The summed E-state index contributed by atoms with van der Waals surface area (Å²) in [4.78, 5) is 11.5. The van der Waals surface area contributed by atoms with Crippen molar-refractivity contribution in [1.82, 2.24) is 4.68 Å². The van der Waals surface area contributed by atoms with Crippen LogP contribution < -0.4 is 5.43 Å². The highest BCUT2D eigenvalue weighted by molar-refractivity contribution is 6.20. The van der Waals surface area contributed by atoms with E-state index in [0.717, 1.165) is 0 Å². The van der Waals surface area contributed by atoms with Crippen molar-refractivity contribution in [1.29, 1.82) is 0 Å². The predicted octanol–water partition coefficient (Wildman–Crippen LogP) is 1.82. The number of hydrogen-bond acceptors (Lipinski definition) is 1. The highest BCUT2D eigenvalue weighted by atomic mass is 35.5. The Kier molecular flexibility index (Phi) is 2.98. The van der Waals surface area contributed by atoms with Crippen LogP contribution in [0.25, 0.3) is 0 Å². The number of halogens is 1. The van der Waals surface area contributed by atoms with Crippen LogP contribution in [0.1, 0.15) is 13.8 Å². The van der Waals surface area contributed by atoms with Gasteiger partial charge in [-0.25, -0.2) is 0 Å². The van der Waals surface area contributed by atoms with Gasteiger partial charge in [0.2, 0.25) is 5.91 Å². The second-order valence-corrected chi connectivity index (χ2v) is 3.82. The Hall–Kier alpha value is -0.960. The number of nitrogens with one attached hydrogen (secondary N) is 1. The number of hydrogen-bond donors (Lipinski definition) is 1. The zero-order valence-corrected chi connectivity index (χ0v) is 8.51. The molecule has 0 bridgehead atoms. The number of rotatable bonds is 3. The van der Waals surface area contributed by atoms with Crippen molar-refractivity contribution < 1.29 is 4.79 Å². The van der Waals surface area contributed by atoms with E-state index in [2.05, 4.69) is 5.43 Å². The lowest BCUT2D eigenvalue weighted by Gasteiger charge is -2.20. The van der Waals surface area contributed by atoms with Crippen LogP contribution in [-0.4, -0.2) is 16.5 Å². The molecule has 1 amide bonds. The molecule has 0 spiro atoms. The van der Waals surface area contributed by atoms with E-state index < -0.39 is 5.41 Å². The summed E-state index contributed by atoms with van der Waals surface area (Å²) in [6.07, 6.45) is 3.53. The highest BCUT2D eigenvalue weighted by Gasteiger charge is 2.26. The van der Waals surface area contributed by atoms with Crippen molar-refractivity contribution >= 4 is 17.5 Å². The summed E-state index contributed by atoms with van der Waals surface area (Å²) in [6.45, 7) is 3.61. The number of carbonyl (C=O) groups is 1. The third-order valence-corrected chi connectivity index (χ3v) is 2.45. The Labute approximate surface area is 82.7 Å². The molecule has 3 nitrogen and oxygen atoms in total. The van der Waals surface area contributed by atoms with Gasteiger partial charge in [-0.15, -0.1) is 11.6 Å². The van der Waals surface area contributed by atoms with Crippen LogP contribution in [0.2, 0.25) is 0 Å². The van der Waals surface area contributed by atoms with Crippen molar-refractivity contribution in [3.63, 3.8) is 0 Å². The zero-order valence-electron chi connectivity index (χ0n) is 7.75. The molecule has 0 aliphatic carbocycles. The van der Waals surface area contributed by atoms with Gasteiger partial charge >= 0.3 is 0 Å². The normalized spacial score (nSPS) is 11.3. The number of carbonyl (C=O) groups excluding carboxylic acids is 1. The minimum Gasteiger partial charge on any atom is -0.273 e. The van der Waals surface area contributed by atoms with E-state index in [1.165, 1.54) is 0 Å². The SMILES string of the molecule is CC(C)(CCl)C(=O)Nn1cccc1. The molecule has 1 aromatic rings. The highest BCUT2D eigenvalue weighted by Crippen LogP contribution is 2.17. The molecule has 0 saturated heterocycles. The van der Waals surface area contributed by atoms with E-state index in [-0.39, 0.29) is 5.91 Å². The standard InChI is InChI=1S/C9H13ClN2O/c1-9(2,7-10)8(13)11-12-5-3-4-6-12/h3-6H,7H2,1-2H3,(H,11,13). The fraction of sp³-hybridized carbons (Fsp3) is 0.444. The first-order valence-corrected chi connectivity index (χ1v) is 4.60. The molecule has 0 unspecified atom stereocenters. The Morgan fingerprint density at radius 3 is 2.46 bits per heavy atom. The van der Waals surface area contributed by atoms with E-state index in [1.807, 2.05) is 12.1 Å². The van der Waals surface area contributed by atoms with Crippen LogP contribution in [-0.2, 0) is 4.79 Å². The van der Waals surface area contributed by atoms with Crippen LogP contribution in [0.4, 0.5) is 0 Å². The minimum atomic E-state index is -0.536. The maximum absolute atomic E-state index is 11.5. The van der Waals surface area contributed by atoms with Gasteiger partial charge in [0.1, 0.15) is 0 Å². The molecule has 1 rings (SSSR count). The van der Waals surface area contributed by atoms with Gasteiger partial charge in [0.15, 0.2) is 0 Å². The van der Waals surface area contributed by atoms with Crippen molar-refractivity contribution in [2.75, 3.05) is 11.3 Å². The maximum atomic E-state index is 11.5. The zero-order chi connectivity index (χ0) is 9.90. The van der Waals surface area contributed by atoms with Crippen molar-refractivity contribution in [3.8, 4) is 0 Å². The van der Waals surface area contributed by atoms with Crippen molar-refractivity contribution in [2.24, 2.45) is 5.41 Å². The van der Waals surface area contributed by atoms with E-state index in [1.54, 1.807) is 30.9 Å². The minimum absolute atomic E-state index is 0.0845. The van der Waals surface area contributed by atoms with E-state index in [4.69, 9.17) is 11.6 Å². The van der Waals surface area contributed by atoms with Crippen LogP contribution in [0, 0.1) is 5.41 Å². The van der Waals surface area contributed by atoms with Crippen LogP contribution in [0.5, 0.6) is 0 Å². The van der Waals surface area contributed by atoms with Gasteiger partial charge < -0.3 is 0 Å². The van der Waals surface area contributed by atoms with E-state index in [0.29, 0.717) is 5.88 Å². The quantitative estimate of drug-likeness (QED) is 0.743. The Morgan fingerprint density at radius 2 is 2.00 bits per heavy atom. The lowest BCUT2D eigenvalue weighted by atomic mass is 9.96. The Morgan fingerprint density at radius 1 is 1.46 bits per heavy atom. The van der Waals surface area contributed by atoms with Crippen LogP contribution in [0.3, 0.4) is 0 Å². The van der Waals surface area contributed by atoms with Crippen molar-refractivity contribution in [2.45, 2.75) is 13.8 Å². The topological polar surface area (TPSA) is 34.0 Å². The summed E-state index contributed by atoms with van der Waals surface area (Å²) in [6, 6.07) is 3.68.